The Labute approximate surface area is 115 Å². The van der Waals surface area contributed by atoms with Crippen molar-refractivity contribution in [3.63, 3.8) is 0 Å². The first-order valence-corrected chi connectivity index (χ1v) is 6.09. The highest BCUT2D eigenvalue weighted by Gasteiger charge is 2.11. The molecule has 0 aliphatic carbocycles. The molecule has 1 N–H and O–H groups in total. The number of hydrogen-bond acceptors (Lipinski definition) is 2. The highest BCUT2D eigenvalue weighted by Crippen LogP contribution is 2.26. The van der Waals surface area contributed by atoms with E-state index in [1.54, 1.807) is 6.92 Å². The number of amides is 1. The molecule has 0 aliphatic rings. The average Bonchev–Trinajstić information content (AvgIpc) is 2.43. The first kappa shape index (κ1) is 14.0. The average molecular weight is 277 g/mol. The Hall–Kier alpha value is -2.43. The Balaban J connectivity index is 2.21. The number of ether oxygens (including phenoxy) is 1. The number of nitrogens with one attached hydrogen (secondary N) is 1. The lowest BCUT2D eigenvalue weighted by atomic mass is 10.2. The van der Waals surface area contributed by atoms with E-state index >= 15 is 0 Å². The SMILES string of the molecule is CCOc1cc(F)ccc1NC(=O)c1ccc(F)cc1. The van der Waals surface area contributed by atoms with Crippen LogP contribution >= 0.6 is 0 Å². The van der Waals surface area contributed by atoms with Gasteiger partial charge in [-0.1, -0.05) is 0 Å². The van der Waals surface area contributed by atoms with E-state index in [0.717, 1.165) is 0 Å². The normalized spacial score (nSPS) is 10.2. The maximum absolute atomic E-state index is 13.1. The van der Waals surface area contributed by atoms with Crippen LogP contribution in [-0.4, -0.2) is 12.5 Å². The zero-order valence-electron chi connectivity index (χ0n) is 10.8. The van der Waals surface area contributed by atoms with Gasteiger partial charge >= 0.3 is 0 Å². The zero-order chi connectivity index (χ0) is 14.5. The Morgan fingerprint density at radius 2 is 1.75 bits per heavy atom. The molecule has 0 unspecified atom stereocenters. The lowest BCUT2D eigenvalue weighted by Crippen LogP contribution is -2.13. The number of rotatable bonds is 4. The van der Waals surface area contributed by atoms with Gasteiger partial charge in [-0.25, -0.2) is 8.78 Å². The summed E-state index contributed by atoms with van der Waals surface area (Å²) in [4.78, 5) is 12.0. The second kappa shape index (κ2) is 6.14. The summed E-state index contributed by atoms with van der Waals surface area (Å²) in [6.07, 6.45) is 0. The van der Waals surface area contributed by atoms with Crippen LogP contribution < -0.4 is 10.1 Å². The van der Waals surface area contributed by atoms with Crippen LogP contribution in [0.15, 0.2) is 42.5 Å². The maximum Gasteiger partial charge on any atom is 0.255 e. The van der Waals surface area contributed by atoms with Crippen molar-refractivity contribution >= 4 is 11.6 Å². The van der Waals surface area contributed by atoms with Crippen molar-refractivity contribution in [3.8, 4) is 5.75 Å². The number of hydrogen-bond donors (Lipinski definition) is 1. The first-order chi connectivity index (χ1) is 9.60. The Morgan fingerprint density at radius 1 is 1.10 bits per heavy atom. The molecular weight excluding hydrogens is 264 g/mol. The maximum atomic E-state index is 13.1. The fourth-order valence-corrected chi connectivity index (χ4v) is 1.67. The van der Waals surface area contributed by atoms with E-state index in [9.17, 15) is 13.6 Å². The second-order valence-corrected chi connectivity index (χ2v) is 4.03. The molecule has 1 amide bonds. The minimum Gasteiger partial charge on any atom is -0.492 e. The smallest absolute Gasteiger partial charge is 0.255 e. The summed E-state index contributed by atoms with van der Waals surface area (Å²) in [6.45, 7) is 2.11. The molecule has 2 rings (SSSR count). The lowest BCUT2D eigenvalue weighted by Gasteiger charge is -2.11. The predicted octanol–water partition coefficient (Wildman–Crippen LogP) is 3.62. The van der Waals surface area contributed by atoms with Gasteiger partial charge < -0.3 is 10.1 Å². The number of halogens is 2. The minimum atomic E-state index is -0.451. The third-order valence-corrected chi connectivity index (χ3v) is 2.60. The van der Waals surface area contributed by atoms with Gasteiger partial charge in [-0.3, -0.25) is 4.79 Å². The van der Waals surface area contributed by atoms with E-state index in [4.69, 9.17) is 4.74 Å². The zero-order valence-corrected chi connectivity index (χ0v) is 10.8. The Bertz CT molecular complexity index is 612. The number of benzene rings is 2. The van der Waals surface area contributed by atoms with Crippen LogP contribution in [-0.2, 0) is 0 Å². The molecule has 0 bridgehead atoms. The quantitative estimate of drug-likeness (QED) is 0.927. The molecule has 0 saturated carbocycles. The van der Waals surface area contributed by atoms with Gasteiger partial charge in [0.1, 0.15) is 17.4 Å². The summed E-state index contributed by atoms with van der Waals surface area (Å²) in [7, 11) is 0. The van der Waals surface area contributed by atoms with Crippen molar-refractivity contribution in [2.45, 2.75) is 6.92 Å². The molecule has 0 aliphatic heterocycles. The molecular formula is C15H13F2NO2. The van der Waals surface area contributed by atoms with Gasteiger partial charge in [-0.2, -0.15) is 0 Å². The molecule has 0 fully saturated rings. The van der Waals surface area contributed by atoms with Gasteiger partial charge in [-0.15, -0.1) is 0 Å². The molecule has 0 aromatic heterocycles. The van der Waals surface area contributed by atoms with Crippen LogP contribution in [0.1, 0.15) is 17.3 Å². The van der Waals surface area contributed by atoms with E-state index in [-0.39, 0.29) is 5.75 Å². The summed E-state index contributed by atoms with van der Waals surface area (Å²) in [5.41, 5.74) is 0.667. The van der Waals surface area contributed by atoms with Crippen LogP contribution in [0.3, 0.4) is 0 Å². The van der Waals surface area contributed by atoms with Crippen LogP contribution in [0.2, 0.25) is 0 Å². The summed E-state index contributed by atoms with van der Waals surface area (Å²) in [5.74, 6) is -1.04. The van der Waals surface area contributed by atoms with Gasteiger partial charge in [0.2, 0.25) is 0 Å². The molecule has 0 saturated heterocycles. The second-order valence-electron chi connectivity index (χ2n) is 4.03. The lowest BCUT2D eigenvalue weighted by molar-refractivity contribution is 0.102. The van der Waals surface area contributed by atoms with E-state index in [0.29, 0.717) is 17.9 Å². The molecule has 5 heteroatoms. The fourth-order valence-electron chi connectivity index (χ4n) is 1.67. The van der Waals surface area contributed by atoms with Gasteiger partial charge in [0, 0.05) is 11.6 Å². The van der Waals surface area contributed by atoms with E-state index in [2.05, 4.69) is 5.32 Å². The summed E-state index contributed by atoms with van der Waals surface area (Å²) in [5, 5.41) is 2.61. The van der Waals surface area contributed by atoms with Crippen molar-refractivity contribution in [1.82, 2.24) is 0 Å². The summed E-state index contributed by atoms with van der Waals surface area (Å²) < 4.78 is 31.2. The predicted molar refractivity (Wildman–Crippen MR) is 71.9 cm³/mol. The fraction of sp³-hybridized carbons (Fsp3) is 0.133. The van der Waals surface area contributed by atoms with E-state index in [1.807, 2.05) is 0 Å². The first-order valence-electron chi connectivity index (χ1n) is 6.09. The van der Waals surface area contributed by atoms with Gasteiger partial charge in [0.15, 0.2) is 0 Å². The molecule has 104 valence electrons. The Kier molecular flexibility index (Phi) is 4.30. The highest BCUT2D eigenvalue weighted by atomic mass is 19.1. The van der Waals surface area contributed by atoms with E-state index < -0.39 is 17.5 Å². The van der Waals surface area contributed by atoms with Crippen LogP contribution in [0, 0.1) is 11.6 Å². The topological polar surface area (TPSA) is 38.3 Å². The van der Waals surface area contributed by atoms with Crippen molar-refractivity contribution < 1.29 is 18.3 Å². The van der Waals surface area contributed by atoms with Crippen LogP contribution in [0.4, 0.5) is 14.5 Å². The number of carbonyl (C=O) groups is 1. The molecule has 0 heterocycles. The third-order valence-electron chi connectivity index (χ3n) is 2.60. The largest absolute Gasteiger partial charge is 0.492 e. The monoisotopic (exact) mass is 277 g/mol. The summed E-state index contributed by atoms with van der Waals surface area (Å²) in [6, 6.07) is 8.98. The molecule has 0 radical (unpaired) electrons. The van der Waals surface area contributed by atoms with Crippen LogP contribution in [0.25, 0.3) is 0 Å². The molecule has 2 aromatic carbocycles. The molecule has 3 nitrogen and oxygen atoms in total. The van der Waals surface area contributed by atoms with Crippen molar-refractivity contribution in [2.75, 3.05) is 11.9 Å². The van der Waals surface area contributed by atoms with Crippen molar-refractivity contribution in [1.29, 1.82) is 0 Å². The third kappa shape index (κ3) is 3.32. The van der Waals surface area contributed by atoms with Gasteiger partial charge in [0.25, 0.3) is 5.91 Å². The van der Waals surface area contributed by atoms with Gasteiger partial charge in [0.05, 0.1) is 12.3 Å². The number of carbonyl (C=O) groups excluding carboxylic acids is 1. The minimum absolute atomic E-state index is 0.253. The number of anilines is 1. The molecule has 0 atom stereocenters. The van der Waals surface area contributed by atoms with Crippen LogP contribution in [0.5, 0.6) is 5.75 Å². The molecule has 2 aromatic rings. The summed E-state index contributed by atoms with van der Waals surface area (Å²) >= 11 is 0. The highest BCUT2D eigenvalue weighted by molar-refractivity contribution is 6.04. The van der Waals surface area contributed by atoms with Gasteiger partial charge in [-0.05, 0) is 43.3 Å². The van der Waals surface area contributed by atoms with Crippen molar-refractivity contribution in [3.05, 3.63) is 59.7 Å². The standard InChI is InChI=1S/C15H13F2NO2/c1-2-20-14-9-12(17)7-8-13(14)18-15(19)10-3-5-11(16)6-4-10/h3-9H,2H2,1H3,(H,18,19). The Morgan fingerprint density at radius 3 is 2.40 bits per heavy atom. The van der Waals surface area contributed by atoms with Crippen molar-refractivity contribution in [2.24, 2.45) is 0 Å². The van der Waals surface area contributed by atoms with E-state index in [1.165, 1.54) is 42.5 Å². The molecule has 0 spiro atoms. The molecule has 20 heavy (non-hydrogen) atoms.